The Morgan fingerprint density at radius 3 is 2.92 bits per heavy atom. The van der Waals surface area contributed by atoms with E-state index in [4.69, 9.17) is 5.73 Å². The fourth-order valence-corrected chi connectivity index (χ4v) is 1.59. The fourth-order valence-electron chi connectivity index (χ4n) is 1.59. The Kier molecular flexibility index (Phi) is 1.94. The molecule has 1 aromatic carbocycles. The Balaban J connectivity index is 2.63. The van der Waals surface area contributed by atoms with E-state index in [0.29, 0.717) is 6.67 Å². The molecule has 0 fully saturated rings. The van der Waals surface area contributed by atoms with Gasteiger partial charge in [0.15, 0.2) is 0 Å². The van der Waals surface area contributed by atoms with Crippen molar-refractivity contribution < 1.29 is 0 Å². The first-order valence-electron chi connectivity index (χ1n) is 4.31. The van der Waals surface area contributed by atoms with Gasteiger partial charge in [-0.15, -0.1) is 0 Å². The molecular weight excluding hydrogens is 162 g/mol. The van der Waals surface area contributed by atoms with Gasteiger partial charge in [-0.05, 0) is 6.07 Å². The van der Waals surface area contributed by atoms with E-state index < -0.39 is 0 Å². The minimum Gasteiger partial charge on any atom is -0.371 e. The van der Waals surface area contributed by atoms with Crippen LogP contribution in [0.2, 0.25) is 0 Å². The van der Waals surface area contributed by atoms with E-state index in [9.17, 15) is 0 Å². The first kappa shape index (κ1) is 8.13. The highest BCUT2D eigenvalue weighted by molar-refractivity contribution is 5.92. The number of rotatable bonds is 2. The second-order valence-corrected chi connectivity index (χ2v) is 3.05. The summed E-state index contributed by atoms with van der Waals surface area (Å²) < 4.78 is 2.09. The standard InChI is InChI=1S/C10H13N3/c1-13-6-9(12-7-11)8-4-2-3-5-10(8)13/h2-6,12H,7,11H2,1H3. The van der Waals surface area contributed by atoms with E-state index in [1.807, 2.05) is 19.2 Å². The lowest BCUT2D eigenvalue weighted by atomic mass is 10.2. The molecule has 2 rings (SSSR count). The Labute approximate surface area is 77.2 Å². The van der Waals surface area contributed by atoms with Crippen LogP contribution in [0, 0.1) is 0 Å². The third-order valence-electron chi connectivity index (χ3n) is 2.19. The van der Waals surface area contributed by atoms with Crippen LogP contribution in [-0.4, -0.2) is 11.2 Å². The monoisotopic (exact) mass is 175 g/mol. The van der Waals surface area contributed by atoms with Crippen molar-refractivity contribution in [2.75, 3.05) is 12.0 Å². The molecule has 0 saturated heterocycles. The molecular formula is C10H13N3. The molecule has 3 nitrogen and oxygen atoms in total. The zero-order valence-corrected chi connectivity index (χ0v) is 7.62. The Bertz CT molecular complexity index is 417. The summed E-state index contributed by atoms with van der Waals surface area (Å²) in [5, 5.41) is 4.35. The Morgan fingerprint density at radius 2 is 2.15 bits per heavy atom. The fraction of sp³-hybridized carbons (Fsp3) is 0.200. The summed E-state index contributed by atoms with van der Waals surface area (Å²) >= 11 is 0. The van der Waals surface area contributed by atoms with Crippen LogP contribution < -0.4 is 11.1 Å². The molecule has 2 aromatic rings. The van der Waals surface area contributed by atoms with Gasteiger partial charge in [0.2, 0.25) is 0 Å². The molecule has 0 spiro atoms. The Morgan fingerprint density at radius 1 is 1.38 bits per heavy atom. The topological polar surface area (TPSA) is 43.0 Å². The lowest BCUT2D eigenvalue weighted by Crippen LogP contribution is -2.10. The number of hydrogen-bond donors (Lipinski definition) is 2. The van der Waals surface area contributed by atoms with E-state index in [2.05, 4.69) is 28.2 Å². The highest BCUT2D eigenvalue weighted by Crippen LogP contribution is 2.24. The molecule has 0 atom stereocenters. The summed E-state index contributed by atoms with van der Waals surface area (Å²) in [6.07, 6.45) is 2.05. The molecule has 0 radical (unpaired) electrons. The van der Waals surface area contributed by atoms with Crippen molar-refractivity contribution in [3.63, 3.8) is 0 Å². The molecule has 1 aromatic heterocycles. The second kappa shape index (κ2) is 3.11. The van der Waals surface area contributed by atoms with Crippen LogP contribution in [0.3, 0.4) is 0 Å². The van der Waals surface area contributed by atoms with Crippen molar-refractivity contribution in [2.45, 2.75) is 0 Å². The Hall–Kier alpha value is -1.48. The van der Waals surface area contributed by atoms with Gasteiger partial charge in [0.25, 0.3) is 0 Å². The number of hydrogen-bond acceptors (Lipinski definition) is 2. The molecule has 0 bridgehead atoms. The number of aromatic nitrogens is 1. The number of fused-ring (bicyclic) bond motifs is 1. The molecule has 0 amide bonds. The molecule has 13 heavy (non-hydrogen) atoms. The van der Waals surface area contributed by atoms with Crippen LogP contribution >= 0.6 is 0 Å². The first-order chi connectivity index (χ1) is 6.33. The average molecular weight is 175 g/mol. The average Bonchev–Trinajstić information content (AvgIpc) is 2.46. The van der Waals surface area contributed by atoms with Gasteiger partial charge < -0.3 is 15.6 Å². The maximum Gasteiger partial charge on any atom is 0.0628 e. The number of benzene rings is 1. The summed E-state index contributed by atoms with van der Waals surface area (Å²) in [5.41, 5.74) is 7.76. The van der Waals surface area contributed by atoms with Gasteiger partial charge in [-0.3, -0.25) is 0 Å². The van der Waals surface area contributed by atoms with Gasteiger partial charge in [0.1, 0.15) is 0 Å². The van der Waals surface area contributed by atoms with Crippen LogP contribution in [0.25, 0.3) is 10.9 Å². The molecule has 0 aliphatic rings. The predicted octanol–water partition coefficient (Wildman–Crippen LogP) is 1.51. The van der Waals surface area contributed by atoms with E-state index in [1.165, 1.54) is 10.9 Å². The second-order valence-electron chi connectivity index (χ2n) is 3.05. The molecule has 68 valence electrons. The van der Waals surface area contributed by atoms with E-state index in [1.54, 1.807) is 0 Å². The largest absolute Gasteiger partial charge is 0.371 e. The summed E-state index contributed by atoms with van der Waals surface area (Å²) in [7, 11) is 2.03. The highest BCUT2D eigenvalue weighted by Gasteiger charge is 2.03. The lowest BCUT2D eigenvalue weighted by molar-refractivity contribution is 0.967. The minimum atomic E-state index is 0.466. The lowest BCUT2D eigenvalue weighted by Gasteiger charge is -1.98. The van der Waals surface area contributed by atoms with Gasteiger partial charge in [0.05, 0.1) is 12.4 Å². The van der Waals surface area contributed by atoms with Crippen molar-refractivity contribution in [3.05, 3.63) is 30.5 Å². The number of nitrogens with two attached hydrogens (primary N) is 1. The number of nitrogens with zero attached hydrogens (tertiary/aromatic N) is 1. The maximum atomic E-state index is 5.44. The van der Waals surface area contributed by atoms with Crippen molar-refractivity contribution in [1.82, 2.24) is 4.57 Å². The van der Waals surface area contributed by atoms with Crippen LogP contribution in [0.15, 0.2) is 30.5 Å². The van der Waals surface area contributed by atoms with Gasteiger partial charge in [0, 0.05) is 24.1 Å². The maximum absolute atomic E-state index is 5.44. The number of anilines is 1. The molecule has 1 heterocycles. The molecule has 0 aliphatic carbocycles. The normalized spacial score (nSPS) is 10.6. The molecule has 3 N–H and O–H groups in total. The third kappa shape index (κ3) is 1.27. The summed E-state index contributed by atoms with van der Waals surface area (Å²) in [4.78, 5) is 0. The number of para-hydroxylation sites is 1. The van der Waals surface area contributed by atoms with Crippen LogP contribution in [0.1, 0.15) is 0 Å². The van der Waals surface area contributed by atoms with Gasteiger partial charge >= 0.3 is 0 Å². The van der Waals surface area contributed by atoms with Crippen LogP contribution in [0.4, 0.5) is 5.69 Å². The summed E-state index contributed by atoms with van der Waals surface area (Å²) in [6, 6.07) is 8.25. The van der Waals surface area contributed by atoms with Crippen LogP contribution in [0.5, 0.6) is 0 Å². The highest BCUT2D eigenvalue weighted by atomic mass is 15.0. The smallest absolute Gasteiger partial charge is 0.0628 e. The summed E-state index contributed by atoms with van der Waals surface area (Å²) in [6.45, 7) is 0.466. The van der Waals surface area contributed by atoms with Crippen molar-refractivity contribution in [1.29, 1.82) is 0 Å². The minimum absolute atomic E-state index is 0.466. The van der Waals surface area contributed by atoms with Gasteiger partial charge in [-0.25, -0.2) is 0 Å². The van der Waals surface area contributed by atoms with E-state index >= 15 is 0 Å². The molecule has 3 heteroatoms. The quantitative estimate of drug-likeness (QED) is 0.679. The van der Waals surface area contributed by atoms with Crippen molar-refractivity contribution in [2.24, 2.45) is 12.8 Å². The SMILES string of the molecule is Cn1cc(NCN)c2ccccc21. The van der Waals surface area contributed by atoms with Crippen molar-refractivity contribution >= 4 is 16.6 Å². The summed E-state index contributed by atoms with van der Waals surface area (Å²) in [5.74, 6) is 0. The van der Waals surface area contributed by atoms with E-state index in [-0.39, 0.29) is 0 Å². The van der Waals surface area contributed by atoms with E-state index in [0.717, 1.165) is 5.69 Å². The number of aryl methyl sites for hydroxylation is 1. The van der Waals surface area contributed by atoms with Gasteiger partial charge in [-0.1, -0.05) is 18.2 Å². The van der Waals surface area contributed by atoms with Gasteiger partial charge in [-0.2, -0.15) is 0 Å². The predicted molar refractivity (Wildman–Crippen MR) is 55.6 cm³/mol. The zero-order chi connectivity index (χ0) is 9.26. The third-order valence-corrected chi connectivity index (χ3v) is 2.19. The zero-order valence-electron chi connectivity index (χ0n) is 7.62. The molecule has 0 saturated carbocycles. The first-order valence-corrected chi connectivity index (χ1v) is 4.31. The number of nitrogens with one attached hydrogen (secondary N) is 1. The van der Waals surface area contributed by atoms with Crippen molar-refractivity contribution in [3.8, 4) is 0 Å². The van der Waals surface area contributed by atoms with Crippen LogP contribution in [-0.2, 0) is 7.05 Å². The molecule has 0 unspecified atom stereocenters. The molecule has 0 aliphatic heterocycles.